The summed E-state index contributed by atoms with van der Waals surface area (Å²) in [6.45, 7) is 3.98. The topological polar surface area (TPSA) is 86.2 Å². The Morgan fingerprint density at radius 3 is 2.59 bits per heavy atom. The van der Waals surface area contributed by atoms with Gasteiger partial charge in [0.2, 0.25) is 0 Å². The molecule has 2 aromatic rings. The second-order valence-electron chi connectivity index (χ2n) is 6.63. The number of hydrogen-bond acceptors (Lipinski definition) is 7. The van der Waals surface area contributed by atoms with E-state index in [0.29, 0.717) is 28.0 Å². The smallest absolute Gasteiger partial charge is 0.343 e. The number of carbonyl (C=O) groups is 2. The van der Waals surface area contributed by atoms with Crippen LogP contribution in [0.2, 0.25) is 5.02 Å². The highest BCUT2D eigenvalue weighted by Gasteiger charge is 2.24. The van der Waals surface area contributed by atoms with E-state index < -0.39 is 5.97 Å². The van der Waals surface area contributed by atoms with Gasteiger partial charge >= 0.3 is 5.97 Å². The van der Waals surface area contributed by atoms with E-state index in [1.165, 1.54) is 24.4 Å². The van der Waals surface area contributed by atoms with Gasteiger partial charge in [-0.15, -0.1) is 0 Å². The average molecular weight is 475 g/mol. The molecule has 2 aromatic carbocycles. The zero-order valence-corrected chi connectivity index (χ0v) is 19.5. The number of carbonyl (C=O) groups excluding carboxylic acids is 2. The second-order valence-corrected chi connectivity index (χ2v) is 8.07. The Morgan fingerprint density at radius 2 is 1.94 bits per heavy atom. The number of nitrogens with one attached hydrogen (secondary N) is 1. The molecule has 1 heterocycles. The molecule has 1 N–H and O–H groups in total. The van der Waals surface area contributed by atoms with Gasteiger partial charge in [0.25, 0.3) is 5.91 Å². The van der Waals surface area contributed by atoms with Gasteiger partial charge in [0.05, 0.1) is 29.3 Å². The molecule has 0 radical (unpaired) electrons. The van der Waals surface area contributed by atoms with E-state index in [1.54, 1.807) is 18.2 Å². The van der Waals surface area contributed by atoms with Crippen molar-refractivity contribution in [3.05, 3.63) is 57.5 Å². The molecule has 9 heteroatoms. The highest BCUT2D eigenvalue weighted by molar-refractivity contribution is 8.18. The third-order valence-electron chi connectivity index (χ3n) is 4.42. The minimum Gasteiger partial charge on any atom is -0.490 e. The highest BCUT2D eigenvalue weighted by atomic mass is 35.5. The molecule has 3 rings (SSSR count). The standard InChI is InChI=1S/C23H23ClN2O5S/c1-4-14-6-8-16(9-7-14)25-23-26-22(28)19(32-23)12-15-10-17(24)21(18(11-15)30-5-2)31-13-20(27)29-3/h6-12H,4-5,13H2,1-3H3,(H,25,26,28)/b19-12-. The van der Waals surface area contributed by atoms with Gasteiger partial charge in [-0.2, -0.15) is 0 Å². The SMILES string of the molecule is CCOc1cc(/C=C2\SC(=Nc3ccc(CC)cc3)NC2=O)cc(Cl)c1OCC(=O)OC. The monoisotopic (exact) mass is 474 g/mol. The average Bonchev–Trinajstić information content (AvgIpc) is 3.12. The summed E-state index contributed by atoms with van der Waals surface area (Å²) in [7, 11) is 1.27. The lowest BCUT2D eigenvalue weighted by atomic mass is 10.1. The lowest BCUT2D eigenvalue weighted by molar-refractivity contribution is -0.142. The van der Waals surface area contributed by atoms with Crippen molar-refractivity contribution in [1.82, 2.24) is 5.32 Å². The van der Waals surface area contributed by atoms with Crippen molar-refractivity contribution in [3.8, 4) is 11.5 Å². The summed E-state index contributed by atoms with van der Waals surface area (Å²) >= 11 is 7.60. The van der Waals surface area contributed by atoms with Crippen LogP contribution in [-0.2, 0) is 20.7 Å². The van der Waals surface area contributed by atoms with Crippen LogP contribution in [-0.4, -0.2) is 37.4 Å². The fourth-order valence-electron chi connectivity index (χ4n) is 2.82. The van der Waals surface area contributed by atoms with Crippen LogP contribution in [0.5, 0.6) is 11.5 Å². The molecule has 0 saturated carbocycles. The van der Waals surface area contributed by atoms with Gasteiger partial charge < -0.3 is 19.5 Å². The molecule has 1 saturated heterocycles. The molecule has 0 aliphatic carbocycles. The zero-order chi connectivity index (χ0) is 23.1. The van der Waals surface area contributed by atoms with Crippen LogP contribution in [0.1, 0.15) is 25.0 Å². The first-order valence-electron chi connectivity index (χ1n) is 9.98. The van der Waals surface area contributed by atoms with Gasteiger partial charge in [0, 0.05) is 0 Å². The van der Waals surface area contributed by atoms with Gasteiger partial charge in [0.15, 0.2) is 23.3 Å². The molecule has 0 unspecified atom stereocenters. The Hall–Kier alpha value is -2.97. The first-order chi connectivity index (χ1) is 15.4. The van der Waals surface area contributed by atoms with Crippen molar-refractivity contribution in [2.24, 2.45) is 4.99 Å². The summed E-state index contributed by atoms with van der Waals surface area (Å²) in [5.41, 5.74) is 2.63. The Bertz CT molecular complexity index is 1070. The first-order valence-corrected chi connectivity index (χ1v) is 11.2. The van der Waals surface area contributed by atoms with Gasteiger partial charge in [-0.3, -0.25) is 4.79 Å². The quantitative estimate of drug-likeness (QED) is 0.439. The number of amidine groups is 1. The number of aliphatic imine (C=N–C) groups is 1. The molecular weight excluding hydrogens is 452 g/mol. The lowest BCUT2D eigenvalue weighted by Gasteiger charge is -2.14. The maximum atomic E-state index is 12.4. The van der Waals surface area contributed by atoms with Crippen LogP contribution in [0, 0.1) is 0 Å². The highest BCUT2D eigenvalue weighted by Crippen LogP contribution is 2.38. The molecule has 1 fully saturated rings. The number of ether oxygens (including phenoxy) is 3. The molecular formula is C23H23ClN2O5S. The fourth-order valence-corrected chi connectivity index (χ4v) is 3.94. The van der Waals surface area contributed by atoms with Crippen LogP contribution in [0.3, 0.4) is 0 Å². The van der Waals surface area contributed by atoms with Gasteiger partial charge in [-0.1, -0.05) is 30.7 Å². The number of thioether (sulfide) groups is 1. The largest absolute Gasteiger partial charge is 0.490 e. The summed E-state index contributed by atoms with van der Waals surface area (Å²) in [6, 6.07) is 11.2. The molecule has 1 aliphatic rings. The van der Waals surface area contributed by atoms with Crippen molar-refractivity contribution in [1.29, 1.82) is 0 Å². The number of esters is 1. The Kier molecular flexibility index (Phi) is 8.19. The zero-order valence-electron chi connectivity index (χ0n) is 17.9. The molecule has 0 spiro atoms. The number of benzene rings is 2. The van der Waals surface area contributed by atoms with Crippen molar-refractivity contribution in [2.45, 2.75) is 20.3 Å². The third-order valence-corrected chi connectivity index (χ3v) is 5.61. The number of aryl methyl sites for hydroxylation is 1. The maximum Gasteiger partial charge on any atom is 0.343 e. The lowest BCUT2D eigenvalue weighted by Crippen LogP contribution is -2.19. The van der Waals surface area contributed by atoms with Crippen molar-refractivity contribution < 1.29 is 23.8 Å². The Balaban J connectivity index is 1.82. The number of rotatable bonds is 8. The summed E-state index contributed by atoms with van der Waals surface area (Å²) in [5, 5.41) is 3.52. The van der Waals surface area contributed by atoms with Crippen molar-refractivity contribution in [3.63, 3.8) is 0 Å². The number of halogens is 1. The Labute approximate surface area is 195 Å². The van der Waals surface area contributed by atoms with E-state index in [1.807, 2.05) is 31.2 Å². The van der Waals surface area contributed by atoms with Crippen LogP contribution >= 0.6 is 23.4 Å². The van der Waals surface area contributed by atoms with E-state index in [9.17, 15) is 9.59 Å². The normalized spacial score (nSPS) is 15.7. The second kappa shape index (κ2) is 11.1. The van der Waals surface area contributed by atoms with E-state index in [2.05, 4.69) is 22.0 Å². The minimum absolute atomic E-state index is 0.238. The van der Waals surface area contributed by atoms with Gasteiger partial charge in [-0.25, -0.2) is 9.79 Å². The third kappa shape index (κ3) is 6.05. The van der Waals surface area contributed by atoms with E-state index in [4.69, 9.17) is 21.1 Å². The fraction of sp³-hybridized carbons (Fsp3) is 0.261. The molecule has 7 nitrogen and oxygen atoms in total. The summed E-state index contributed by atoms with van der Waals surface area (Å²) in [6.07, 6.45) is 2.65. The number of hydrogen-bond donors (Lipinski definition) is 1. The molecule has 32 heavy (non-hydrogen) atoms. The molecule has 1 aliphatic heterocycles. The Morgan fingerprint density at radius 1 is 1.19 bits per heavy atom. The van der Waals surface area contributed by atoms with Crippen molar-refractivity contribution >= 4 is 52.2 Å². The number of amides is 1. The maximum absolute atomic E-state index is 12.4. The molecule has 168 valence electrons. The van der Waals surface area contributed by atoms with Gasteiger partial charge in [0.1, 0.15) is 0 Å². The van der Waals surface area contributed by atoms with Gasteiger partial charge in [-0.05, 0) is 66.6 Å². The number of nitrogens with zero attached hydrogens (tertiary/aromatic N) is 1. The van der Waals surface area contributed by atoms with E-state index in [-0.39, 0.29) is 23.3 Å². The van der Waals surface area contributed by atoms with Crippen LogP contribution in [0.25, 0.3) is 6.08 Å². The summed E-state index contributed by atoms with van der Waals surface area (Å²) < 4.78 is 15.7. The number of methoxy groups -OCH3 is 1. The van der Waals surface area contributed by atoms with Crippen molar-refractivity contribution in [2.75, 3.05) is 20.3 Å². The van der Waals surface area contributed by atoms with Crippen LogP contribution in [0.15, 0.2) is 46.3 Å². The van der Waals surface area contributed by atoms with E-state index in [0.717, 1.165) is 12.1 Å². The summed E-state index contributed by atoms with van der Waals surface area (Å²) in [4.78, 5) is 28.8. The van der Waals surface area contributed by atoms with Crippen LogP contribution < -0.4 is 14.8 Å². The molecule has 0 bridgehead atoms. The molecule has 1 amide bonds. The van der Waals surface area contributed by atoms with E-state index >= 15 is 0 Å². The molecule has 0 atom stereocenters. The van der Waals surface area contributed by atoms with Crippen LogP contribution in [0.4, 0.5) is 5.69 Å². The molecule has 0 aromatic heterocycles. The predicted octanol–water partition coefficient (Wildman–Crippen LogP) is 4.74. The predicted molar refractivity (Wildman–Crippen MR) is 127 cm³/mol. The minimum atomic E-state index is -0.537. The first kappa shape index (κ1) is 23.7. The summed E-state index contributed by atoms with van der Waals surface area (Å²) in [5.74, 6) is -0.185.